The van der Waals surface area contributed by atoms with Crippen molar-refractivity contribution >= 4 is 29.6 Å². The lowest BCUT2D eigenvalue weighted by molar-refractivity contribution is -0.134. The molecule has 1 fully saturated rings. The van der Waals surface area contributed by atoms with E-state index in [1.807, 2.05) is 0 Å². The molecule has 7 heteroatoms. The molecule has 0 aliphatic heterocycles. The smallest absolute Gasteiger partial charge is 0.352 e. The van der Waals surface area contributed by atoms with Crippen LogP contribution < -0.4 is 10.1 Å². The summed E-state index contributed by atoms with van der Waals surface area (Å²) in [7, 11) is 0. The molecule has 1 aliphatic carbocycles. The average molecular weight is 432 g/mol. The summed E-state index contributed by atoms with van der Waals surface area (Å²) in [5.74, 6) is -1.28. The van der Waals surface area contributed by atoms with Gasteiger partial charge in [0, 0.05) is 6.42 Å². The fourth-order valence-corrected chi connectivity index (χ4v) is 3.70. The van der Waals surface area contributed by atoms with Crippen molar-refractivity contribution in [2.24, 2.45) is 5.92 Å². The molecule has 0 unspecified atom stereocenters. The average Bonchev–Trinajstić information content (AvgIpc) is 3.23. The molecular formula is C23H23ClFNO4. The van der Waals surface area contributed by atoms with Crippen LogP contribution in [0.5, 0.6) is 11.5 Å². The highest BCUT2D eigenvalue weighted by molar-refractivity contribution is 6.32. The first-order valence-corrected chi connectivity index (χ1v) is 10.3. The van der Waals surface area contributed by atoms with E-state index < -0.39 is 11.8 Å². The summed E-state index contributed by atoms with van der Waals surface area (Å²) < 4.78 is 19.3. The second-order valence-corrected chi connectivity index (χ2v) is 7.73. The van der Waals surface area contributed by atoms with Crippen LogP contribution in [-0.2, 0) is 9.59 Å². The number of halogens is 2. The first kappa shape index (κ1) is 21.8. The van der Waals surface area contributed by atoms with Gasteiger partial charge in [-0.3, -0.25) is 4.79 Å². The minimum absolute atomic E-state index is 0.0804. The molecule has 0 radical (unpaired) electrons. The van der Waals surface area contributed by atoms with Crippen LogP contribution in [0.25, 0.3) is 6.08 Å². The Balaban J connectivity index is 1.63. The van der Waals surface area contributed by atoms with Gasteiger partial charge in [-0.15, -0.1) is 0 Å². The largest absolute Gasteiger partial charge is 0.477 e. The second-order valence-electron chi connectivity index (χ2n) is 7.32. The number of para-hydroxylation sites is 1. The molecule has 0 aromatic heterocycles. The Hall–Kier alpha value is -2.86. The maximum Gasteiger partial charge on any atom is 0.352 e. The SMILES string of the molecule is O=C(CCC1CCCC1)N/C(=C/c1ccc(Oc2c(F)cccc2Cl)cc1)C(=O)O. The Labute approximate surface area is 179 Å². The Morgan fingerprint density at radius 3 is 2.50 bits per heavy atom. The third kappa shape index (κ3) is 6.07. The lowest BCUT2D eigenvalue weighted by Gasteiger charge is -2.10. The van der Waals surface area contributed by atoms with Crippen LogP contribution in [0.3, 0.4) is 0 Å². The molecule has 30 heavy (non-hydrogen) atoms. The highest BCUT2D eigenvalue weighted by atomic mass is 35.5. The Morgan fingerprint density at radius 1 is 1.17 bits per heavy atom. The van der Waals surface area contributed by atoms with Crippen LogP contribution in [0.2, 0.25) is 5.02 Å². The minimum atomic E-state index is -1.22. The van der Waals surface area contributed by atoms with Crippen LogP contribution in [0, 0.1) is 11.7 Å². The van der Waals surface area contributed by atoms with E-state index in [1.165, 1.54) is 37.1 Å². The number of ether oxygens (including phenoxy) is 1. The predicted octanol–water partition coefficient (Wildman–Crippen LogP) is 5.78. The lowest BCUT2D eigenvalue weighted by atomic mass is 10.0. The fraction of sp³-hybridized carbons (Fsp3) is 0.304. The monoisotopic (exact) mass is 431 g/mol. The number of hydrogen-bond donors (Lipinski definition) is 2. The Bertz CT molecular complexity index is 916. The van der Waals surface area contributed by atoms with Gasteiger partial charge in [0.15, 0.2) is 11.6 Å². The number of carbonyl (C=O) groups is 2. The van der Waals surface area contributed by atoms with Crippen LogP contribution in [0.4, 0.5) is 4.39 Å². The van der Waals surface area contributed by atoms with E-state index in [0.717, 1.165) is 19.3 Å². The number of aliphatic carboxylic acids is 1. The van der Waals surface area contributed by atoms with Gasteiger partial charge in [-0.25, -0.2) is 9.18 Å². The number of hydrogen-bond acceptors (Lipinski definition) is 3. The summed E-state index contributed by atoms with van der Waals surface area (Å²) in [6, 6.07) is 10.6. The molecule has 1 aliphatic rings. The quantitative estimate of drug-likeness (QED) is 0.519. The van der Waals surface area contributed by atoms with E-state index >= 15 is 0 Å². The molecule has 0 saturated heterocycles. The summed E-state index contributed by atoms with van der Waals surface area (Å²) in [6.45, 7) is 0. The van der Waals surface area contributed by atoms with E-state index in [0.29, 0.717) is 23.7 Å². The summed E-state index contributed by atoms with van der Waals surface area (Å²) in [6.07, 6.45) is 7.15. The molecule has 1 amide bonds. The summed E-state index contributed by atoms with van der Waals surface area (Å²) in [5, 5.41) is 12.0. The summed E-state index contributed by atoms with van der Waals surface area (Å²) >= 11 is 5.95. The number of amides is 1. The van der Waals surface area contributed by atoms with Crippen LogP contribution in [0.1, 0.15) is 44.1 Å². The fourth-order valence-electron chi connectivity index (χ4n) is 3.49. The van der Waals surface area contributed by atoms with Crippen molar-refractivity contribution in [3.8, 4) is 11.5 Å². The van der Waals surface area contributed by atoms with Crippen LogP contribution in [-0.4, -0.2) is 17.0 Å². The number of carboxylic acids is 1. The van der Waals surface area contributed by atoms with Crippen molar-refractivity contribution in [1.29, 1.82) is 0 Å². The molecular weight excluding hydrogens is 409 g/mol. The highest BCUT2D eigenvalue weighted by Gasteiger charge is 2.18. The van der Waals surface area contributed by atoms with Crippen molar-refractivity contribution in [3.63, 3.8) is 0 Å². The molecule has 0 spiro atoms. The van der Waals surface area contributed by atoms with Gasteiger partial charge in [0.25, 0.3) is 0 Å². The molecule has 0 bridgehead atoms. The van der Waals surface area contributed by atoms with Gasteiger partial charge in [-0.05, 0) is 48.2 Å². The van der Waals surface area contributed by atoms with E-state index in [-0.39, 0.29) is 22.4 Å². The minimum Gasteiger partial charge on any atom is -0.477 e. The number of rotatable bonds is 8. The third-order valence-electron chi connectivity index (χ3n) is 5.09. The molecule has 2 aromatic rings. The molecule has 158 valence electrons. The topological polar surface area (TPSA) is 75.6 Å². The predicted molar refractivity (Wildman–Crippen MR) is 113 cm³/mol. The van der Waals surface area contributed by atoms with E-state index in [1.54, 1.807) is 24.3 Å². The lowest BCUT2D eigenvalue weighted by Crippen LogP contribution is -2.27. The zero-order valence-electron chi connectivity index (χ0n) is 16.4. The van der Waals surface area contributed by atoms with Crippen molar-refractivity contribution in [2.45, 2.75) is 38.5 Å². The maximum atomic E-state index is 13.8. The first-order valence-electron chi connectivity index (χ1n) is 9.89. The zero-order chi connectivity index (χ0) is 21.5. The Morgan fingerprint density at radius 2 is 1.87 bits per heavy atom. The van der Waals surface area contributed by atoms with Gasteiger partial charge in [0.1, 0.15) is 11.4 Å². The Kier molecular flexibility index (Phi) is 7.46. The zero-order valence-corrected chi connectivity index (χ0v) is 17.1. The number of carboxylic acid groups (broad SMARTS) is 1. The van der Waals surface area contributed by atoms with Crippen molar-refractivity contribution in [3.05, 3.63) is 64.6 Å². The first-order chi connectivity index (χ1) is 14.4. The van der Waals surface area contributed by atoms with E-state index in [4.69, 9.17) is 16.3 Å². The van der Waals surface area contributed by atoms with Gasteiger partial charge in [-0.1, -0.05) is 55.5 Å². The second kappa shape index (κ2) is 10.3. The van der Waals surface area contributed by atoms with Gasteiger partial charge in [-0.2, -0.15) is 0 Å². The maximum absolute atomic E-state index is 13.8. The number of benzene rings is 2. The molecule has 3 rings (SSSR count). The van der Waals surface area contributed by atoms with Crippen molar-refractivity contribution in [1.82, 2.24) is 5.32 Å². The van der Waals surface area contributed by atoms with Crippen LogP contribution in [0.15, 0.2) is 48.2 Å². The molecule has 0 heterocycles. The standard InChI is InChI=1S/C23H23ClFNO4/c24-18-6-3-7-19(25)22(18)30-17-11-8-16(9-12-17)14-20(23(28)29)26-21(27)13-10-15-4-1-2-5-15/h3,6-9,11-12,14-15H,1-2,4-5,10,13H2,(H,26,27)(H,28,29)/b20-14+. The highest BCUT2D eigenvalue weighted by Crippen LogP contribution is 2.32. The molecule has 2 aromatic carbocycles. The van der Waals surface area contributed by atoms with Gasteiger partial charge >= 0.3 is 5.97 Å². The van der Waals surface area contributed by atoms with Crippen molar-refractivity contribution < 1.29 is 23.8 Å². The number of nitrogens with one attached hydrogen (secondary N) is 1. The summed E-state index contributed by atoms with van der Waals surface area (Å²) in [4.78, 5) is 23.7. The molecule has 0 atom stereocenters. The van der Waals surface area contributed by atoms with Gasteiger partial charge in [0.2, 0.25) is 5.91 Å². The van der Waals surface area contributed by atoms with E-state index in [9.17, 15) is 19.1 Å². The molecule has 2 N–H and O–H groups in total. The molecule has 5 nitrogen and oxygen atoms in total. The third-order valence-corrected chi connectivity index (χ3v) is 5.39. The van der Waals surface area contributed by atoms with Gasteiger partial charge < -0.3 is 15.2 Å². The normalized spacial score (nSPS) is 14.5. The van der Waals surface area contributed by atoms with Gasteiger partial charge in [0.05, 0.1) is 5.02 Å². The number of carbonyl (C=O) groups excluding carboxylic acids is 1. The van der Waals surface area contributed by atoms with Crippen LogP contribution >= 0.6 is 11.6 Å². The molecule has 1 saturated carbocycles. The summed E-state index contributed by atoms with van der Waals surface area (Å²) in [5.41, 5.74) is 0.354. The van der Waals surface area contributed by atoms with E-state index in [2.05, 4.69) is 5.32 Å². The van der Waals surface area contributed by atoms with Crippen molar-refractivity contribution in [2.75, 3.05) is 0 Å².